The van der Waals surface area contributed by atoms with Crippen molar-refractivity contribution < 1.29 is 4.79 Å². The van der Waals surface area contributed by atoms with Gasteiger partial charge in [-0.2, -0.15) is 15.0 Å². The molecule has 0 spiro atoms. The molecule has 0 aromatic carbocycles. The molecule has 0 aliphatic heterocycles. The lowest BCUT2D eigenvalue weighted by Gasteiger charge is -1.93. The van der Waals surface area contributed by atoms with E-state index in [0.29, 0.717) is 0 Å². The molecule has 0 bridgehead atoms. The molecule has 0 saturated heterocycles. The zero-order valence-electron chi connectivity index (χ0n) is 6.27. The average molecular weight is 168 g/mol. The molecule has 4 N–H and O–H groups in total. The third-order valence-corrected chi connectivity index (χ3v) is 0.800. The largest absolute Gasteiger partial charge is 0.368 e. The van der Waals surface area contributed by atoms with Crippen LogP contribution in [0, 0.1) is 0 Å². The van der Waals surface area contributed by atoms with Crippen LogP contribution in [-0.2, 0) is 4.79 Å². The number of nitrogens with two attached hydrogens (primary N) is 2. The Bertz CT molecular complexity index is 254. The van der Waals surface area contributed by atoms with Crippen molar-refractivity contribution in [3.05, 3.63) is 0 Å². The van der Waals surface area contributed by atoms with E-state index in [0.717, 1.165) is 0 Å². The molecule has 0 aliphatic carbocycles. The van der Waals surface area contributed by atoms with Crippen LogP contribution in [-0.4, -0.2) is 28.5 Å². The zero-order valence-corrected chi connectivity index (χ0v) is 6.27. The molecule has 0 radical (unpaired) electrons. The van der Waals surface area contributed by atoms with Gasteiger partial charge in [0.15, 0.2) is 0 Å². The van der Waals surface area contributed by atoms with Gasteiger partial charge in [0.2, 0.25) is 11.9 Å². The molecular weight excluding hydrogens is 160 g/mol. The topological polar surface area (TPSA) is 120 Å². The predicted octanol–water partition coefficient (Wildman–Crippen LogP) is -0.817. The number of hydrogen-bond acceptors (Lipinski definition) is 7. The van der Waals surface area contributed by atoms with Gasteiger partial charge in [-0.25, -0.2) is 4.99 Å². The highest BCUT2D eigenvalue weighted by Crippen LogP contribution is 2.04. The lowest BCUT2D eigenvalue weighted by molar-refractivity contribution is -0.0979. The summed E-state index contributed by atoms with van der Waals surface area (Å²) >= 11 is 0. The second-order valence-corrected chi connectivity index (χ2v) is 1.51. The molecule has 0 aliphatic rings. The van der Waals surface area contributed by atoms with Gasteiger partial charge < -0.3 is 16.3 Å². The highest BCUT2D eigenvalue weighted by atomic mass is 16.1. The van der Waals surface area contributed by atoms with Gasteiger partial charge in [0.25, 0.3) is 5.95 Å². The predicted molar refractivity (Wildman–Crippen MR) is 45.0 cm³/mol. The van der Waals surface area contributed by atoms with Crippen molar-refractivity contribution in [1.29, 1.82) is 0 Å². The van der Waals surface area contributed by atoms with Crippen LogP contribution in [0.15, 0.2) is 4.99 Å². The number of aromatic nitrogens is 3. The zero-order chi connectivity index (χ0) is 9.56. The lowest BCUT2D eigenvalue weighted by atomic mass is 10.8. The number of carbonyl (C=O) groups is 1. The smallest absolute Gasteiger partial charge is 0.255 e. The van der Waals surface area contributed by atoms with Crippen LogP contribution < -0.4 is 11.5 Å². The maximum atomic E-state index is 8.00. The van der Waals surface area contributed by atoms with E-state index in [-0.39, 0.29) is 17.8 Å². The lowest BCUT2D eigenvalue weighted by Crippen LogP contribution is -2.01. The molecule has 7 nitrogen and oxygen atoms in total. The Balaban J connectivity index is 0.000000561. The van der Waals surface area contributed by atoms with Gasteiger partial charge in [0.05, 0.1) is 0 Å². The summed E-state index contributed by atoms with van der Waals surface area (Å²) < 4.78 is 0. The molecular formula is C5H8N6O. The van der Waals surface area contributed by atoms with Crippen LogP contribution in [0.25, 0.3) is 0 Å². The Hall–Kier alpha value is -2.05. The van der Waals surface area contributed by atoms with Crippen molar-refractivity contribution in [2.45, 2.75) is 0 Å². The molecule has 1 rings (SSSR count). The average Bonchev–Trinajstić information content (AvgIpc) is 2.06. The summed E-state index contributed by atoms with van der Waals surface area (Å²) in [4.78, 5) is 22.1. The third-order valence-electron chi connectivity index (χ3n) is 0.800. The van der Waals surface area contributed by atoms with E-state index in [9.17, 15) is 0 Å². The second-order valence-electron chi connectivity index (χ2n) is 1.51. The Labute approximate surface area is 68.6 Å². The van der Waals surface area contributed by atoms with Crippen LogP contribution in [0.5, 0.6) is 0 Å². The van der Waals surface area contributed by atoms with Gasteiger partial charge in [-0.1, -0.05) is 0 Å². The van der Waals surface area contributed by atoms with E-state index in [1.807, 2.05) is 6.79 Å². The van der Waals surface area contributed by atoms with Crippen LogP contribution in [0.3, 0.4) is 0 Å². The van der Waals surface area contributed by atoms with Crippen LogP contribution in [0.2, 0.25) is 0 Å². The first-order valence-electron chi connectivity index (χ1n) is 2.75. The van der Waals surface area contributed by atoms with Crippen LogP contribution in [0.1, 0.15) is 0 Å². The van der Waals surface area contributed by atoms with E-state index in [1.165, 1.54) is 0 Å². The first kappa shape index (κ1) is 9.95. The molecule has 7 heteroatoms. The van der Waals surface area contributed by atoms with E-state index >= 15 is 0 Å². The standard InChI is InChI=1S/C4H6N6.CH2O/c1-7-4-9-2(5)8-3(6)10-4;1-2/h1H2,(H4,5,6,8,9,10);1H2. The molecule has 1 aromatic heterocycles. The summed E-state index contributed by atoms with van der Waals surface area (Å²) in [6.45, 7) is 5.20. The SMILES string of the molecule is C=Nc1nc(N)nc(N)n1.C=O. The minimum atomic E-state index is 0.0508. The fourth-order valence-electron chi connectivity index (χ4n) is 0.468. The molecule has 1 heterocycles. The van der Waals surface area contributed by atoms with Crippen molar-refractivity contribution in [3.8, 4) is 0 Å². The van der Waals surface area contributed by atoms with Gasteiger partial charge in [0.1, 0.15) is 6.79 Å². The van der Waals surface area contributed by atoms with Gasteiger partial charge in [-0.3, -0.25) is 0 Å². The molecule has 0 unspecified atom stereocenters. The number of aliphatic imine (C=N–C) groups is 1. The maximum absolute atomic E-state index is 8.00. The third kappa shape index (κ3) is 2.69. The van der Waals surface area contributed by atoms with E-state index in [2.05, 4.69) is 26.7 Å². The summed E-state index contributed by atoms with van der Waals surface area (Å²) in [5.74, 6) is 0.245. The first-order valence-corrected chi connectivity index (χ1v) is 2.75. The number of anilines is 2. The second kappa shape index (κ2) is 4.72. The van der Waals surface area contributed by atoms with E-state index < -0.39 is 0 Å². The Morgan fingerprint density at radius 1 is 1.08 bits per heavy atom. The van der Waals surface area contributed by atoms with Crippen molar-refractivity contribution in [2.75, 3.05) is 11.5 Å². The molecule has 12 heavy (non-hydrogen) atoms. The molecule has 0 atom stereocenters. The van der Waals surface area contributed by atoms with Crippen molar-refractivity contribution >= 4 is 31.4 Å². The normalized spacial score (nSPS) is 8.00. The molecule has 0 amide bonds. The van der Waals surface area contributed by atoms with Gasteiger partial charge in [-0.05, 0) is 6.72 Å². The molecule has 1 aromatic rings. The Morgan fingerprint density at radius 3 is 1.83 bits per heavy atom. The summed E-state index contributed by atoms with van der Waals surface area (Å²) in [5.41, 5.74) is 10.4. The molecule has 0 fully saturated rings. The van der Waals surface area contributed by atoms with Gasteiger partial charge in [-0.15, -0.1) is 0 Å². The number of nitrogens with zero attached hydrogens (tertiary/aromatic N) is 4. The first-order chi connectivity index (χ1) is 5.72. The number of carbonyl (C=O) groups excluding carboxylic acids is 1. The maximum Gasteiger partial charge on any atom is 0.255 e. The molecule has 64 valence electrons. The van der Waals surface area contributed by atoms with Gasteiger partial charge >= 0.3 is 0 Å². The van der Waals surface area contributed by atoms with Crippen LogP contribution in [0.4, 0.5) is 17.8 Å². The number of nitrogen functional groups attached to an aromatic ring is 2. The fraction of sp³-hybridized carbons (Fsp3) is 0. The summed E-state index contributed by atoms with van der Waals surface area (Å²) in [6, 6.07) is 0. The highest BCUT2D eigenvalue weighted by molar-refractivity contribution is 5.39. The van der Waals surface area contributed by atoms with Gasteiger partial charge in [0, 0.05) is 0 Å². The number of rotatable bonds is 1. The molecule has 0 saturated carbocycles. The van der Waals surface area contributed by atoms with Crippen molar-refractivity contribution in [2.24, 2.45) is 4.99 Å². The van der Waals surface area contributed by atoms with Crippen LogP contribution >= 0.6 is 0 Å². The fourth-order valence-corrected chi connectivity index (χ4v) is 0.468. The van der Waals surface area contributed by atoms with Crippen molar-refractivity contribution in [3.63, 3.8) is 0 Å². The monoisotopic (exact) mass is 168 g/mol. The Kier molecular flexibility index (Phi) is 3.91. The highest BCUT2D eigenvalue weighted by Gasteiger charge is 1.96. The quantitative estimate of drug-likeness (QED) is 0.528. The minimum absolute atomic E-state index is 0.0508. The summed E-state index contributed by atoms with van der Waals surface area (Å²) in [5, 5.41) is 0. The van der Waals surface area contributed by atoms with Crippen molar-refractivity contribution in [1.82, 2.24) is 15.0 Å². The summed E-state index contributed by atoms with van der Waals surface area (Å²) in [7, 11) is 0. The summed E-state index contributed by atoms with van der Waals surface area (Å²) in [6.07, 6.45) is 0. The number of hydrogen-bond donors (Lipinski definition) is 2. The Morgan fingerprint density at radius 2 is 1.50 bits per heavy atom. The van der Waals surface area contributed by atoms with E-state index in [1.54, 1.807) is 0 Å². The van der Waals surface area contributed by atoms with E-state index in [4.69, 9.17) is 16.3 Å². The minimum Gasteiger partial charge on any atom is -0.368 e.